The molecule has 1 rings (SSSR count). The van der Waals surface area contributed by atoms with Gasteiger partial charge in [0.1, 0.15) is 0 Å². The van der Waals surface area contributed by atoms with Crippen LogP contribution in [0, 0.1) is 17.8 Å². The number of nitrogens with zero attached hydrogens (tertiary/aromatic N) is 1. The van der Waals surface area contributed by atoms with Crippen LogP contribution in [0.4, 0.5) is 0 Å². The molecular formula is C51H99NO4. The molecule has 56 heavy (non-hydrogen) atoms. The Bertz CT molecular complexity index is 764. The molecule has 0 saturated carbocycles. The molecule has 1 saturated heterocycles. The summed E-state index contributed by atoms with van der Waals surface area (Å²) < 4.78 is 11.3. The highest BCUT2D eigenvalue weighted by Gasteiger charge is 2.18. The molecule has 0 atom stereocenters. The third-order valence-corrected chi connectivity index (χ3v) is 12.8. The fourth-order valence-corrected chi connectivity index (χ4v) is 9.06. The standard InChI is InChI=1S/C51H99NO4/c1-5-9-24-34-47(35-25-10-6-2)44-50(53)55-42-32-21-17-13-15-19-28-38-49(46-52-40-30-23-31-41-52)39-29-20-16-14-18-22-33-43-56-51(54)45-48(36-26-11-7-3)37-27-12-8-4/h47-49H,5-46H2,1-4H3. The number of carbonyl (C=O) groups is 2. The van der Waals surface area contributed by atoms with Crippen LogP contribution in [0.25, 0.3) is 0 Å². The number of rotatable bonds is 42. The zero-order valence-electron chi connectivity index (χ0n) is 38.5. The minimum absolute atomic E-state index is 0.0442. The first kappa shape index (κ1) is 52.9. The first-order valence-electron chi connectivity index (χ1n) is 25.6. The van der Waals surface area contributed by atoms with Crippen molar-refractivity contribution >= 4 is 11.9 Å². The van der Waals surface area contributed by atoms with Gasteiger partial charge in [0.15, 0.2) is 0 Å². The summed E-state index contributed by atoms with van der Waals surface area (Å²) in [6.45, 7) is 14.2. The zero-order chi connectivity index (χ0) is 40.6. The van der Waals surface area contributed by atoms with Gasteiger partial charge in [-0.25, -0.2) is 0 Å². The summed E-state index contributed by atoms with van der Waals surface area (Å²) in [7, 11) is 0. The minimum Gasteiger partial charge on any atom is -0.466 e. The van der Waals surface area contributed by atoms with Crippen LogP contribution in [0.5, 0.6) is 0 Å². The average molecular weight is 790 g/mol. The van der Waals surface area contributed by atoms with Crippen LogP contribution < -0.4 is 0 Å². The Kier molecular flexibility index (Phi) is 38.4. The van der Waals surface area contributed by atoms with Crippen molar-refractivity contribution in [2.75, 3.05) is 32.8 Å². The van der Waals surface area contributed by atoms with Crippen LogP contribution in [0.3, 0.4) is 0 Å². The molecule has 0 N–H and O–H groups in total. The summed E-state index contributed by atoms with van der Waals surface area (Å²) in [5.41, 5.74) is 0. The molecule has 1 heterocycles. The summed E-state index contributed by atoms with van der Waals surface area (Å²) in [4.78, 5) is 27.8. The monoisotopic (exact) mass is 790 g/mol. The van der Waals surface area contributed by atoms with E-state index in [1.54, 1.807) is 0 Å². The van der Waals surface area contributed by atoms with E-state index in [-0.39, 0.29) is 11.9 Å². The van der Waals surface area contributed by atoms with E-state index < -0.39 is 0 Å². The van der Waals surface area contributed by atoms with E-state index >= 15 is 0 Å². The maximum Gasteiger partial charge on any atom is 0.306 e. The molecule has 0 aromatic rings. The predicted octanol–water partition coefficient (Wildman–Crippen LogP) is 15.8. The van der Waals surface area contributed by atoms with Crippen LogP contribution in [0.1, 0.15) is 265 Å². The van der Waals surface area contributed by atoms with E-state index in [4.69, 9.17) is 9.47 Å². The van der Waals surface area contributed by atoms with Crippen molar-refractivity contribution in [3.63, 3.8) is 0 Å². The van der Waals surface area contributed by atoms with Gasteiger partial charge in [-0.2, -0.15) is 0 Å². The van der Waals surface area contributed by atoms with Gasteiger partial charge in [-0.1, -0.05) is 188 Å². The second-order valence-corrected chi connectivity index (χ2v) is 18.3. The number of esters is 2. The molecule has 0 radical (unpaired) electrons. The number of piperidine rings is 1. The van der Waals surface area contributed by atoms with Crippen molar-refractivity contribution in [3.8, 4) is 0 Å². The van der Waals surface area contributed by atoms with E-state index in [0.29, 0.717) is 37.9 Å². The van der Waals surface area contributed by atoms with E-state index in [0.717, 1.165) is 18.8 Å². The fourth-order valence-electron chi connectivity index (χ4n) is 9.06. The van der Waals surface area contributed by atoms with Crippen LogP contribution in [0.2, 0.25) is 0 Å². The highest BCUT2D eigenvalue weighted by atomic mass is 16.5. The van der Waals surface area contributed by atoms with Gasteiger partial charge in [-0.3, -0.25) is 9.59 Å². The van der Waals surface area contributed by atoms with Crippen molar-refractivity contribution in [2.45, 2.75) is 265 Å². The summed E-state index contributed by atoms with van der Waals surface area (Å²) >= 11 is 0. The topological polar surface area (TPSA) is 55.8 Å². The summed E-state index contributed by atoms with van der Waals surface area (Å²) in [6.07, 6.45) is 46.0. The van der Waals surface area contributed by atoms with Crippen LogP contribution in [-0.2, 0) is 19.1 Å². The maximum atomic E-state index is 12.5. The lowest BCUT2D eigenvalue weighted by Gasteiger charge is -2.30. The molecular weight excluding hydrogens is 691 g/mol. The lowest BCUT2D eigenvalue weighted by molar-refractivity contribution is -0.146. The first-order valence-corrected chi connectivity index (χ1v) is 25.6. The Morgan fingerprint density at radius 2 is 0.696 bits per heavy atom. The third kappa shape index (κ3) is 33.8. The summed E-state index contributed by atoms with van der Waals surface area (Å²) in [5.74, 6) is 2.00. The molecule has 5 heteroatoms. The Hall–Kier alpha value is -1.10. The normalized spacial score (nSPS) is 13.7. The van der Waals surface area contributed by atoms with Gasteiger partial charge in [0.05, 0.1) is 13.2 Å². The van der Waals surface area contributed by atoms with E-state index in [9.17, 15) is 9.59 Å². The molecule has 1 aliphatic rings. The van der Waals surface area contributed by atoms with Gasteiger partial charge in [0, 0.05) is 19.4 Å². The maximum absolute atomic E-state index is 12.5. The van der Waals surface area contributed by atoms with Crippen molar-refractivity contribution in [2.24, 2.45) is 17.8 Å². The second-order valence-electron chi connectivity index (χ2n) is 18.3. The fraction of sp³-hybridized carbons (Fsp3) is 0.961. The Morgan fingerprint density at radius 1 is 0.393 bits per heavy atom. The molecule has 0 aromatic carbocycles. The van der Waals surface area contributed by atoms with Crippen LogP contribution >= 0.6 is 0 Å². The lowest BCUT2D eigenvalue weighted by Crippen LogP contribution is -2.34. The molecule has 1 fully saturated rings. The lowest BCUT2D eigenvalue weighted by atomic mass is 9.92. The summed E-state index contributed by atoms with van der Waals surface area (Å²) in [5, 5.41) is 0. The Labute approximate surface area is 350 Å². The number of hydrogen-bond donors (Lipinski definition) is 0. The van der Waals surface area contributed by atoms with Gasteiger partial charge in [0.25, 0.3) is 0 Å². The quantitative estimate of drug-likeness (QED) is 0.0455. The average Bonchev–Trinajstić information content (AvgIpc) is 3.19. The van der Waals surface area contributed by atoms with Crippen molar-refractivity contribution in [3.05, 3.63) is 0 Å². The zero-order valence-corrected chi connectivity index (χ0v) is 38.5. The van der Waals surface area contributed by atoms with Gasteiger partial charge >= 0.3 is 11.9 Å². The molecule has 0 amide bonds. The molecule has 0 aromatic heterocycles. The van der Waals surface area contributed by atoms with E-state index in [2.05, 4.69) is 32.6 Å². The molecule has 332 valence electrons. The van der Waals surface area contributed by atoms with Crippen molar-refractivity contribution in [1.29, 1.82) is 0 Å². The first-order chi connectivity index (χ1) is 27.5. The minimum atomic E-state index is 0.0442. The number of likely N-dealkylation sites (tertiary alicyclic amines) is 1. The van der Waals surface area contributed by atoms with Gasteiger partial charge < -0.3 is 14.4 Å². The Balaban J connectivity index is 2.15. The third-order valence-electron chi connectivity index (χ3n) is 12.8. The van der Waals surface area contributed by atoms with Crippen molar-refractivity contribution in [1.82, 2.24) is 4.90 Å². The van der Waals surface area contributed by atoms with Gasteiger partial charge in [0.2, 0.25) is 0 Å². The predicted molar refractivity (Wildman–Crippen MR) is 242 cm³/mol. The van der Waals surface area contributed by atoms with Gasteiger partial charge in [-0.15, -0.1) is 0 Å². The SMILES string of the molecule is CCCCCC(CCCCC)CC(=O)OCCCCCCCCCC(CCCCCCCCCOC(=O)CC(CCCCC)CCCCC)CN1CCCCC1. The number of carbonyl (C=O) groups excluding carboxylic acids is 2. The number of hydrogen-bond acceptors (Lipinski definition) is 5. The number of ether oxygens (including phenoxy) is 2. The molecule has 0 spiro atoms. The van der Waals surface area contributed by atoms with Crippen molar-refractivity contribution < 1.29 is 19.1 Å². The largest absolute Gasteiger partial charge is 0.466 e. The van der Waals surface area contributed by atoms with Gasteiger partial charge in [-0.05, 0) is 95.1 Å². The highest BCUT2D eigenvalue weighted by Crippen LogP contribution is 2.25. The van der Waals surface area contributed by atoms with Crippen LogP contribution in [0.15, 0.2) is 0 Å². The smallest absolute Gasteiger partial charge is 0.306 e. The number of unbranched alkanes of at least 4 members (excludes halogenated alkanes) is 20. The molecule has 0 aliphatic carbocycles. The molecule has 1 aliphatic heterocycles. The van der Waals surface area contributed by atoms with E-state index in [1.165, 1.54) is 232 Å². The molecule has 5 nitrogen and oxygen atoms in total. The van der Waals surface area contributed by atoms with E-state index in [1.807, 2.05) is 0 Å². The Morgan fingerprint density at radius 3 is 1.05 bits per heavy atom. The molecule has 0 unspecified atom stereocenters. The second kappa shape index (κ2) is 40.7. The van der Waals surface area contributed by atoms with Crippen LogP contribution in [-0.4, -0.2) is 49.7 Å². The molecule has 0 bridgehead atoms. The highest BCUT2D eigenvalue weighted by molar-refractivity contribution is 5.70. The summed E-state index contributed by atoms with van der Waals surface area (Å²) in [6, 6.07) is 0.